The van der Waals surface area contributed by atoms with Crippen molar-refractivity contribution >= 4 is 12.0 Å². The minimum Gasteiger partial charge on any atom is -0.342 e. The van der Waals surface area contributed by atoms with Gasteiger partial charge in [-0.25, -0.2) is 9.97 Å². The largest absolute Gasteiger partial charge is 0.342 e. The van der Waals surface area contributed by atoms with Gasteiger partial charge in [0.2, 0.25) is 5.91 Å². The Morgan fingerprint density at radius 3 is 2.83 bits per heavy atom. The van der Waals surface area contributed by atoms with Crippen LogP contribution < -0.4 is 0 Å². The molecule has 1 saturated heterocycles. The summed E-state index contributed by atoms with van der Waals surface area (Å²) < 4.78 is 0. The summed E-state index contributed by atoms with van der Waals surface area (Å²) in [6, 6.07) is 10.5. The smallest absolute Gasteiger partial charge is 0.219 e. The van der Waals surface area contributed by atoms with Gasteiger partial charge in [-0.1, -0.05) is 42.0 Å². The van der Waals surface area contributed by atoms with Crippen molar-refractivity contribution in [2.45, 2.75) is 45.6 Å². The molecule has 152 valence electrons. The van der Waals surface area contributed by atoms with Crippen LogP contribution >= 0.6 is 0 Å². The number of likely N-dealkylation sites (tertiary alicyclic amines) is 1. The standard InChI is InChI=1S/C24H30N4O/c1-18(13-20-7-4-3-5-8-20)15-27-12-10-23-22(16-27)14-25-24(26-23)21-9-6-11-28(17-21)19(2)29/h3-5,7-8,13-14,21H,6,9-12,15-17H2,1-2H3. The number of carbonyl (C=O) groups excluding carboxylic acids is 1. The van der Waals surface area contributed by atoms with Gasteiger partial charge in [0, 0.05) is 69.4 Å². The second-order valence-corrected chi connectivity index (χ2v) is 8.37. The van der Waals surface area contributed by atoms with E-state index in [2.05, 4.69) is 42.2 Å². The molecule has 2 aliphatic heterocycles. The molecule has 5 heteroatoms. The highest BCUT2D eigenvalue weighted by atomic mass is 16.2. The SMILES string of the molecule is CC(=O)N1CCCC(c2ncc3c(n2)CCN(CC(C)=Cc2ccccc2)C3)C1. The molecule has 5 nitrogen and oxygen atoms in total. The summed E-state index contributed by atoms with van der Waals surface area (Å²) >= 11 is 0. The highest BCUT2D eigenvalue weighted by molar-refractivity contribution is 5.73. The topological polar surface area (TPSA) is 49.3 Å². The number of piperidine rings is 1. The van der Waals surface area contributed by atoms with Crippen molar-refractivity contribution in [3.05, 3.63) is 64.7 Å². The predicted molar refractivity (Wildman–Crippen MR) is 115 cm³/mol. The van der Waals surface area contributed by atoms with Gasteiger partial charge in [-0.3, -0.25) is 9.69 Å². The molecule has 29 heavy (non-hydrogen) atoms. The highest BCUT2D eigenvalue weighted by Crippen LogP contribution is 2.26. The number of hydrogen-bond donors (Lipinski definition) is 0. The van der Waals surface area contributed by atoms with E-state index in [-0.39, 0.29) is 11.8 Å². The summed E-state index contributed by atoms with van der Waals surface area (Å²) in [5.74, 6) is 1.34. The maximum absolute atomic E-state index is 11.7. The fraction of sp³-hybridized carbons (Fsp3) is 0.458. The van der Waals surface area contributed by atoms with Gasteiger partial charge in [0.05, 0.1) is 0 Å². The van der Waals surface area contributed by atoms with Gasteiger partial charge in [-0.15, -0.1) is 0 Å². The van der Waals surface area contributed by atoms with Crippen molar-refractivity contribution in [2.24, 2.45) is 0 Å². The Kier molecular flexibility index (Phi) is 6.05. The van der Waals surface area contributed by atoms with E-state index in [1.165, 1.54) is 22.4 Å². The molecule has 0 bridgehead atoms. The Morgan fingerprint density at radius 1 is 1.21 bits per heavy atom. The number of rotatable bonds is 4. The molecule has 2 aliphatic rings. The number of amides is 1. The van der Waals surface area contributed by atoms with Gasteiger partial charge in [-0.2, -0.15) is 0 Å². The normalized spacial score (nSPS) is 20.4. The minimum atomic E-state index is 0.155. The fourth-order valence-corrected chi connectivity index (χ4v) is 4.43. The van der Waals surface area contributed by atoms with Crippen molar-refractivity contribution in [2.75, 3.05) is 26.2 Å². The van der Waals surface area contributed by atoms with Crippen LogP contribution in [0.5, 0.6) is 0 Å². The summed E-state index contributed by atoms with van der Waals surface area (Å²) in [7, 11) is 0. The molecule has 1 amide bonds. The maximum atomic E-state index is 11.7. The van der Waals surface area contributed by atoms with Gasteiger partial charge < -0.3 is 4.90 Å². The molecular formula is C24H30N4O. The third-order valence-electron chi connectivity index (χ3n) is 5.95. The lowest BCUT2D eigenvalue weighted by Crippen LogP contribution is -2.38. The van der Waals surface area contributed by atoms with E-state index in [1.54, 1.807) is 6.92 Å². The first-order chi connectivity index (χ1) is 14.1. The number of aromatic nitrogens is 2. The van der Waals surface area contributed by atoms with Crippen LogP contribution in [0, 0.1) is 0 Å². The Hall–Kier alpha value is -2.53. The molecule has 1 aromatic carbocycles. The molecule has 0 aliphatic carbocycles. The summed E-state index contributed by atoms with van der Waals surface area (Å²) in [6.45, 7) is 8.36. The lowest BCUT2D eigenvalue weighted by atomic mass is 9.96. The van der Waals surface area contributed by atoms with Crippen LogP contribution in [0.3, 0.4) is 0 Å². The zero-order chi connectivity index (χ0) is 20.2. The van der Waals surface area contributed by atoms with Gasteiger partial charge in [0.1, 0.15) is 5.82 Å². The zero-order valence-electron chi connectivity index (χ0n) is 17.5. The quantitative estimate of drug-likeness (QED) is 0.799. The number of benzene rings is 1. The molecular weight excluding hydrogens is 360 g/mol. The first-order valence-corrected chi connectivity index (χ1v) is 10.6. The van der Waals surface area contributed by atoms with E-state index in [0.29, 0.717) is 0 Å². The zero-order valence-corrected chi connectivity index (χ0v) is 17.5. The van der Waals surface area contributed by atoms with Crippen LogP contribution in [0.4, 0.5) is 0 Å². The Labute approximate surface area is 173 Å². The highest BCUT2D eigenvalue weighted by Gasteiger charge is 2.26. The van der Waals surface area contributed by atoms with Gasteiger partial charge in [0.25, 0.3) is 0 Å². The first kappa shape index (κ1) is 19.8. The summed E-state index contributed by atoms with van der Waals surface area (Å²) in [5, 5.41) is 0. The number of carbonyl (C=O) groups is 1. The van der Waals surface area contributed by atoms with Crippen molar-refractivity contribution < 1.29 is 4.79 Å². The van der Waals surface area contributed by atoms with Crippen molar-refractivity contribution in [1.29, 1.82) is 0 Å². The third kappa shape index (κ3) is 4.91. The summed E-state index contributed by atoms with van der Waals surface area (Å²) in [4.78, 5) is 25.7. The van der Waals surface area contributed by atoms with Crippen LogP contribution in [-0.4, -0.2) is 51.9 Å². The second kappa shape index (κ2) is 8.87. The predicted octanol–water partition coefficient (Wildman–Crippen LogP) is 3.66. The van der Waals surface area contributed by atoms with Crippen LogP contribution in [0.2, 0.25) is 0 Å². The second-order valence-electron chi connectivity index (χ2n) is 8.37. The lowest BCUT2D eigenvalue weighted by molar-refractivity contribution is -0.130. The fourth-order valence-electron chi connectivity index (χ4n) is 4.43. The molecule has 1 fully saturated rings. The Balaban J connectivity index is 1.40. The van der Waals surface area contributed by atoms with Gasteiger partial charge in [0.15, 0.2) is 0 Å². The van der Waals surface area contributed by atoms with E-state index < -0.39 is 0 Å². The molecule has 0 saturated carbocycles. The van der Waals surface area contributed by atoms with E-state index in [9.17, 15) is 4.79 Å². The molecule has 0 N–H and O–H groups in total. The average molecular weight is 391 g/mol. The Bertz CT molecular complexity index is 893. The third-order valence-corrected chi connectivity index (χ3v) is 5.95. The molecule has 2 aromatic rings. The van der Waals surface area contributed by atoms with Crippen molar-refractivity contribution in [1.82, 2.24) is 19.8 Å². The molecule has 0 radical (unpaired) electrons. The van der Waals surface area contributed by atoms with Crippen molar-refractivity contribution in [3.63, 3.8) is 0 Å². The number of nitrogens with zero attached hydrogens (tertiary/aromatic N) is 4. The molecule has 1 unspecified atom stereocenters. The van der Waals surface area contributed by atoms with Gasteiger partial charge in [-0.05, 0) is 25.3 Å². The summed E-state index contributed by atoms with van der Waals surface area (Å²) in [6.07, 6.45) is 7.35. The van der Waals surface area contributed by atoms with Crippen LogP contribution in [0.25, 0.3) is 6.08 Å². The van der Waals surface area contributed by atoms with Gasteiger partial charge >= 0.3 is 0 Å². The molecule has 4 rings (SSSR count). The number of fused-ring (bicyclic) bond motifs is 1. The maximum Gasteiger partial charge on any atom is 0.219 e. The number of hydrogen-bond acceptors (Lipinski definition) is 4. The minimum absolute atomic E-state index is 0.155. The molecule has 1 aromatic heterocycles. The first-order valence-electron chi connectivity index (χ1n) is 10.6. The van der Waals surface area contributed by atoms with Crippen molar-refractivity contribution in [3.8, 4) is 0 Å². The van der Waals surface area contributed by atoms with Crippen LogP contribution in [-0.2, 0) is 17.8 Å². The van der Waals surface area contributed by atoms with Crippen LogP contribution in [0.1, 0.15) is 55.3 Å². The van der Waals surface area contributed by atoms with E-state index in [1.807, 2.05) is 17.2 Å². The monoisotopic (exact) mass is 390 g/mol. The molecule has 3 heterocycles. The van der Waals surface area contributed by atoms with E-state index in [4.69, 9.17) is 9.97 Å². The van der Waals surface area contributed by atoms with E-state index >= 15 is 0 Å². The lowest BCUT2D eigenvalue weighted by Gasteiger charge is -2.32. The Morgan fingerprint density at radius 2 is 2.03 bits per heavy atom. The molecule has 0 spiro atoms. The van der Waals surface area contributed by atoms with E-state index in [0.717, 1.165) is 57.8 Å². The average Bonchev–Trinajstić information content (AvgIpc) is 2.74. The molecule has 1 atom stereocenters. The van der Waals surface area contributed by atoms with Crippen LogP contribution in [0.15, 0.2) is 42.1 Å². The summed E-state index contributed by atoms with van der Waals surface area (Å²) in [5.41, 5.74) is 5.05.